The van der Waals surface area contributed by atoms with Crippen molar-refractivity contribution in [3.8, 4) is 0 Å². The standard InChI is InChI=1S/C8H9ClN4/c1-13-5-7(4-12-13)6-2-10-8(9)11-3-6/h2-4,7H,5H2,1H3. The lowest BCUT2D eigenvalue weighted by Crippen LogP contribution is -2.12. The second-order valence-corrected chi connectivity index (χ2v) is 3.33. The second kappa shape index (κ2) is 3.30. The largest absolute Gasteiger partial charge is 0.299 e. The number of halogens is 1. The topological polar surface area (TPSA) is 41.4 Å². The van der Waals surface area contributed by atoms with Gasteiger partial charge in [-0.25, -0.2) is 9.97 Å². The molecule has 1 aromatic heterocycles. The molecule has 0 saturated carbocycles. The minimum Gasteiger partial charge on any atom is -0.299 e. The first kappa shape index (κ1) is 8.44. The highest BCUT2D eigenvalue weighted by atomic mass is 35.5. The van der Waals surface area contributed by atoms with Gasteiger partial charge >= 0.3 is 0 Å². The van der Waals surface area contributed by atoms with E-state index in [1.54, 1.807) is 12.4 Å². The highest BCUT2D eigenvalue weighted by molar-refractivity contribution is 6.28. The fourth-order valence-corrected chi connectivity index (χ4v) is 1.38. The van der Waals surface area contributed by atoms with Crippen molar-refractivity contribution in [2.75, 3.05) is 13.6 Å². The Morgan fingerprint density at radius 3 is 2.69 bits per heavy atom. The predicted octanol–water partition coefficient (Wildman–Crippen LogP) is 1.14. The van der Waals surface area contributed by atoms with Crippen LogP contribution in [0.25, 0.3) is 0 Å². The van der Waals surface area contributed by atoms with Crippen LogP contribution >= 0.6 is 11.6 Å². The third-order valence-corrected chi connectivity index (χ3v) is 2.17. The van der Waals surface area contributed by atoms with Crippen LogP contribution in [-0.4, -0.2) is 34.8 Å². The molecule has 0 amide bonds. The maximum atomic E-state index is 5.58. The molecule has 13 heavy (non-hydrogen) atoms. The average molecular weight is 197 g/mol. The molecule has 0 radical (unpaired) electrons. The summed E-state index contributed by atoms with van der Waals surface area (Å²) in [5.74, 6) is 0.294. The van der Waals surface area contributed by atoms with Crippen LogP contribution in [0.1, 0.15) is 11.5 Å². The first-order valence-corrected chi connectivity index (χ1v) is 4.36. The summed E-state index contributed by atoms with van der Waals surface area (Å²) in [5, 5.41) is 6.31. The summed E-state index contributed by atoms with van der Waals surface area (Å²) in [5.41, 5.74) is 1.05. The van der Waals surface area contributed by atoms with Crippen LogP contribution in [0.4, 0.5) is 0 Å². The van der Waals surface area contributed by atoms with E-state index in [0.717, 1.165) is 12.1 Å². The minimum atomic E-state index is 0.284. The maximum absolute atomic E-state index is 5.58. The van der Waals surface area contributed by atoms with Gasteiger partial charge in [-0.05, 0) is 17.2 Å². The average Bonchev–Trinajstić information content (AvgIpc) is 2.53. The van der Waals surface area contributed by atoms with Gasteiger partial charge in [-0.1, -0.05) is 0 Å². The summed E-state index contributed by atoms with van der Waals surface area (Å²) in [6.07, 6.45) is 5.38. The van der Waals surface area contributed by atoms with Gasteiger partial charge in [-0.15, -0.1) is 0 Å². The summed E-state index contributed by atoms with van der Waals surface area (Å²) < 4.78 is 0. The number of likely N-dealkylation sites (N-methyl/N-ethyl adjacent to an activating group) is 1. The van der Waals surface area contributed by atoms with Crippen molar-refractivity contribution in [2.45, 2.75) is 5.92 Å². The van der Waals surface area contributed by atoms with Crippen LogP contribution < -0.4 is 0 Å². The van der Waals surface area contributed by atoms with Crippen molar-refractivity contribution >= 4 is 17.8 Å². The quantitative estimate of drug-likeness (QED) is 0.633. The van der Waals surface area contributed by atoms with E-state index in [2.05, 4.69) is 15.1 Å². The highest BCUT2D eigenvalue weighted by Crippen LogP contribution is 2.18. The zero-order valence-electron chi connectivity index (χ0n) is 7.18. The van der Waals surface area contributed by atoms with Crippen LogP contribution in [0.2, 0.25) is 5.28 Å². The summed E-state index contributed by atoms with van der Waals surface area (Å²) in [7, 11) is 1.94. The smallest absolute Gasteiger partial charge is 0.222 e. The van der Waals surface area contributed by atoms with Crippen molar-refractivity contribution in [1.29, 1.82) is 0 Å². The fourth-order valence-electron chi connectivity index (χ4n) is 1.28. The second-order valence-electron chi connectivity index (χ2n) is 3.00. The van der Waals surface area contributed by atoms with Gasteiger partial charge in [0.2, 0.25) is 5.28 Å². The van der Waals surface area contributed by atoms with E-state index in [9.17, 15) is 0 Å². The molecule has 0 aliphatic carbocycles. The number of hydrogen-bond donors (Lipinski definition) is 0. The Kier molecular flexibility index (Phi) is 2.14. The molecule has 1 aromatic rings. The zero-order chi connectivity index (χ0) is 9.26. The number of hydrogen-bond acceptors (Lipinski definition) is 4. The molecule has 0 spiro atoms. The monoisotopic (exact) mass is 196 g/mol. The molecule has 1 unspecified atom stereocenters. The molecule has 1 atom stereocenters. The summed E-state index contributed by atoms with van der Waals surface area (Å²) in [4.78, 5) is 7.85. The number of aromatic nitrogens is 2. The third-order valence-electron chi connectivity index (χ3n) is 1.97. The Morgan fingerprint density at radius 2 is 2.15 bits per heavy atom. The Hall–Kier alpha value is -1.16. The molecule has 0 bridgehead atoms. The molecule has 2 heterocycles. The lowest BCUT2D eigenvalue weighted by molar-refractivity contribution is 0.381. The van der Waals surface area contributed by atoms with Gasteiger partial charge in [0.1, 0.15) is 0 Å². The molecule has 5 heteroatoms. The van der Waals surface area contributed by atoms with Gasteiger partial charge in [0, 0.05) is 38.1 Å². The molecule has 0 aromatic carbocycles. The third kappa shape index (κ3) is 1.78. The lowest BCUT2D eigenvalue weighted by Gasteiger charge is -2.08. The molecule has 1 aliphatic heterocycles. The minimum absolute atomic E-state index is 0.284. The van der Waals surface area contributed by atoms with Crippen LogP contribution in [-0.2, 0) is 0 Å². The van der Waals surface area contributed by atoms with Crippen LogP contribution in [0.5, 0.6) is 0 Å². The summed E-state index contributed by atoms with van der Waals surface area (Å²) in [6, 6.07) is 0. The van der Waals surface area contributed by atoms with E-state index in [0.29, 0.717) is 5.92 Å². The van der Waals surface area contributed by atoms with Crippen LogP contribution in [0.15, 0.2) is 17.5 Å². The normalized spacial score (nSPS) is 21.1. The van der Waals surface area contributed by atoms with E-state index in [1.807, 2.05) is 18.3 Å². The van der Waals surface area contributed by atoms with Crippen LogP contribution in [0, 0.1) is 0 Å². The molecule has 2 rings (SSSR count). The molecule has 0 saturated heterocycles. The molecule has 0 N–H and O–H groups in total. The molecular formula is C8H9ClN4. The van der Waals surface area contributed by atoms with Gasteiger partial charge in [-0.2, -0.15) is 5.10 Å². The number of rotatable bonds is 1. The van der Waals surface area contributed by atoms with Gasteiger partial charge in [0.25, 0.3) is 0 Å². The van der Waals surface area contributed by atoms with E-state index in [1.165, 1.54) is 0 Å². The molecule has 0 fully saturated rings. The van der Waals surface area contributed by atoms with Gasteiger partial charge in [0.05, 0.1) is 0 Å². The molecule has 4 nitrogen and oxygen atoms in total. The maximum Gasteiger partial charge on any atom is 0.222 e. The summed E-state index contributed by atoms with van der Waals surface area (Å²) >= 11 is 5.58. The van der Waals surface area contributed by atoms with Crippen molar-refractivity contribution in [1.82, 2.24) is 15.0 Å². The fraction of sp³-hybridized carbons (Fsp3) is 0.375. The van der Waals surface area contributed by atoms with Gasteiger partial charge < -0.3 is 0 Å². The first-order valence-electron chi connectivity index (χ1n) is 3.98. The van der Waals surface area contributed by atoms with Crippen molar-refractivity contribution in [2.24, 2.45) is 5.10 Å². The Labute approximate surface area is 81.3 Å². The van der Waals surface area contributed by atoms with Crippen LogP contribution in [0.3, 0.4) is 0 Å². The van der Waals surface area contributed by atoms with Crippen molar-refractivity contribution in [3.05, 3.63) is 23.2 Å². The number of hydrazone groups is 1. The van der Waals surface area contributed by atoms with Crippen molar-refractivity contribution in [3.63, 3.8) is 0 Å². The Morgan fingerprint density at radius 1 is 1.46 bits per heavy atom. The summed E-state index contributed by atoms with van der Waals surface area (Å²) in [6.45, 7) is 0.880. The molecule has 1 aliphatic rings. The number of nitrogens with zero attached hydrogens (tertiary/aromatic N) is 4. The first-order chi connectivity index (χ1) is 6.25. The molecular weight excluding hydrogens is 188 g/mol. The van der Waals surface area contributed by atoms with E-state index < -0.39 is 0 Å². The Bertz CT molecular complexity index is 321. The van der Waals surface area contributed by atoms with Gasteiger partial charge in [0.15, 0.2) is 0 Å². The predicted molar refractivity (Wildman–Crippen MR) is 50.9 cm³/mol. The molecule has 68 valence electrons. The lowest BCUT2D eigenvalue weighted by atomic mass is 10.1. The highest BCUT2D eigenvalue weighted by Gasteiger charge is 2.16. The zero-order valence-corrected chi connectivity index (χ0v) is 7.94. The van der Waals surface area contributed by atoms with E-state index in [-0.39, 0.29) is 5.28 Å². The SMILES string of the molecule is CN1CC(c2cnc(Cl)nc2)C=N1. The van der Waals surface area contributed by atoms with E-state index in [4.69, 9.17) is 11.6 Å². The Balaban J connectivity index is 2.18. The van der Waals surface area contributed by atoms with Crippen molar-refractivity contribution < 1.29 is 0 Å². The van der Waals surface area contributed by atoms with E-state index >= 15 is 0 Å². The van der Waals surface area contributed by atoms with Gasteiger partial charge in [-0.3, -0.25) is 5.01 Å².